The number of nitrogens with zero attached hydrogens (tertiary/aromatic N) is 1. The molecule has 0 radical (unpaired) electrons. The van der Waals surface area contributed by atoms with Crippen LogP contribution in [0.4, 0.5) is 0 Å². The zero-order valence-electron chi connectivity index (χ0n) is 9.57. The molecule has 0 N–H and O–H groups in total. The Balaban J connectivity index is 2.24. The molecule has 1 aliphatic rings. The number of hydrogen-bond acceptors (Lipinski definition) is 2. The molecule has 2 atom stereocenters. The second-order valence-corrected chi connectivity index (χ2v) is 6.07. The van der Waals surface area contributed by atoms with Gasteiger partial charge in [-0.25, -0.2) is 0 Å². The maximum atomic E-state index is 12.4. The van der Waals surface area contributed by atoms with E-state index in [2.05, 4.69) is 34.7 Å². The Morgan fingerprint density at radius 1 is 1.62 bits per heavy atom. The van der Waals surface area contributed by atoms with Crippen molar-refractivity contribution in [3.05, 3.63) is 20.8 Å². The number of rotatable bonds is 2. The van der Waals surface area contributed by atoms with E-state index in [9.17, 15) is 4.79 Å². The minimum Gasteiger partial charge on any atom is -0.332 e. The molecular weight excluding hydrogens is 286 g/mol. The van der Waals surface area contributed by atoms with Gasteiger partial charge >= 0.3 is 0 Å². The van der Waals surface area contributed by atoms with Crippen LogP contribution in [0.2, 0.25) is 0 Å². The molecule has 1 aromatic rings. The first-order valence-electron chi connectivity index (χ1n) is 5.70. The lowest BCUT2D eigenvalue weighted by atomic mass is 10.1. The monoisotopic (exact) mass is 301 g/mol. The van der Waals surface area contributed by atoms with Crippen LogP contribution in [0, 0.1) is 0 Å². The van der Waals surface area contributed by atoms with Gasteiger partial charge in [-0.3, -0.25) is 4.79 Å². The maximum absolute atomic E-state index is 12.4. The van der Waals surface area contributed by atoms with Gasteiger partial charge < -0.3 is 4.90 Å². The van der Waals surface area contributed by atoms with E-state index in [0.717, 1.165) is 28.6 Å². The molecule has 88 valence electrons. The van der Waals surface area contributed by atoms with Crippen molar-refractivity contribution in [2.75, 3.05) is 0 Å². The summed E-state index contributed by atoms with van der Waals surface area (Å²) in [6.45, 7) is 4.31. The quantitative estimate of drug-likeness (QED) is 0.811. The summed E-state index contributed by atoms with van der Waals surface area (Å²) in [6.07, 6.45) is 3.33. The molecule has 1 fully saturated rings. The Morgan fingerprint density at radius 3 is 2.94 bits per heavy atom. The molecule has 16 heavy (non-hydrogen) atoms. The highest BCUT2D eigenvalue weighted by Crippen LogP contribution is 2.31. The van der Waals surface area contributed by atoms with Gasteiger partial charge in [-0.05, 0) is 53.6 Å². The van der Waals surface area contributed by atoms with E-state index in [1.807, 2.05) is 11.4 Å². The van der Waals surface area contributed by atoms with E-state index in [1.165, 1.54) is 11.3 Å². The Labute approximate surface area is 109 Å². The van der Waals surface area contributed by atoms with Gasteiger partial charge in [0.2, 0.25) is 0 Å². The molecule has 1 amide bonds. The van der Waals surface area contributed by atoms with Crippen LogP contribution in [0.25, 0.3) is 0 Å². The molecule has 2 nitrogen and oxygen atoms in total. The zero-order valence-corrected chi connectivity index (χ0v) is 12.0. The predicted molar refractivity (Wildman–Crippen MR) is 71.0 cm³/mol. The third kappa shape index (κ3) is 2.05. The first-order chi connectivity index (χ1) is 7.65. The van der Waals surface area contributed by atoms with Crippen molar-refractivity contribution < 1.29 is 4.79 Å². The topological polar surface area (TPSA) is 20.3 Å². The van der Waals surface area contributed by atoms with Crippen LogP contribution in [0.5, 0.6) is 0 Å². The molecule has 4 heteroatoms. The van der Waals surface area contributed by atoms with Crippen molar-refractivity contribution in [3.63, 3.8) is 0 Å². The Bertz CT molecular complexity index is 390. The maximum Gasteiger partial charge on any atom is 0.265 e. The smallest absolute Gasteiger partial charge is 0.265 e. The highest BCUT2D eigenvalue weighted by molar-refractivity contribution is 9.10. The third-order valence-electron chi connectivity index (χ3n) is 3.30. The van der Waals surface area contributed by atoms with E-state index in [4.69, 9.17) is 0 Å². The summed E-state index contributed by atoms with van der Waals surface area (Å²) >= 11 is 4.96. The molecule has 1 aromatic heterocycles. The van der Waals surface area contributed by atoms with Crippen LogP contribution >= 0.6 is 27.3 Å². The van der Waals surface area contributed by atoms with Gasteiger partial charge in [0, 0.05) is 16.6 Å². The zero-order chi connectivity index (χ0) is 11.7. The average Bonchev–Trinajstić information content (AvgIpc) is 2.83. The number of thiophene rings is 1. The lowest BCUT2D eigenvalue weighted by Gasteiger charge is -2.27. The van der Waals surface area contributed by atoms with E-state index in [0.29, 0.717) is 12.1 Å². The highest BCUT2D eigenvalue weighted by Gasteiger charge is 2.34. The van der Waals surface area contributed by atoms with Crippen LogP contribution in [-0.4, -0.2) is 22.9 Å². The average molecular weight is 302 g/mol. The van der Waals surface area contributed by atoms with E-state index in [-0.39, 0.29) is 5.91 Å². The molecular formula is C12H16BrNOS. The molecule has 1 saturated heterocycles. The molecule has 2 rings (SSSR count). The molecule has 0 spiro atoms. The van der Waals surface area contributed by atoms with Gasteiger partial charge in [0.1, 0.15) is 4.88 Å². The fraction of sp³-hybridized carbons (Fsp3) is 0.583. The summed E-state index contributed by atoms with van der Waals surface area (Å²) in [5.41, 5.74) is 0. The number of hydrogen-bond donors (Lipinski definition) is 0. The van der Waals surface area contributed by atoms with Crippen molar-refractivity contribution in [2.24, 2.45) is 0 Å². The van der Waals surface area contributed by atoms with Crippen LogP contribution < -0.4 is 0 Å². The molecule has 0 saturated carbocycles. The third-order valence-corrected chi connectivity index (χ3v) is 5.13. The minimum atomic E-state index is 0.193. The number of amides is 1. The van der Waals surface area contributed by atoms with Crippen molar-refractivity contribution in [2.45, 2.75) is 45.2 Å². The molecule has 0 aliphatic carbocycles. The van der Waals surface area contributed by atoms with Crippen molar-refractivity contribution in [1.82, 2.24) is 4.90 Å². The fourth-order valence-corrected chi connectivity index (χ4v) is 3.89. The predicted octanol–water partition coefficient (Wildman–Crippen LogP) is 3.91. The Hall–Kier alpha value is -0.350. The molecule has 2 heterocycles. The second-order valence-electron chi connectivity index (χ2n) is 4.30. The summed E-state index contributed by atoms with van der Waals surface area (Å²) in [6, 6.07) is 2.75. The van der Waals surface area contributed by atoms with Crippen LogP contribution in [0.1, 0.15) is 42.8 Å². The van der Waals surface area contributed by atoms with Crippen LogP contribution in [0.15, 0.2) is 15.9 Å². The first-order valence-corrected chi connectivity index (χ1v) is 7.38. The summed E-state index contributed by atoms with van der Waals surface area (Å²) in [5, 5.41) is 1.96. The number of carbonyl (C=O) groups excluding carboxylic acids is 1. The lowest BCUT2D eigenvalue weighted by Crippen LogP contribution is -2.39. The van der Waals surface area contributed by atoms with Gasteiger partial charge in [0.25, 0.3) is 5.91 Å². The van der Waals surface area contributed by atoms with Crippen molar-refractivity contribution in [1.29, 1.82) is 0 Å². The van der Waals surface area contributed by atoms with Gasteiger partial charge in [0.05, 0.1) is 0 Å². The number of carbonyl (C=O) groups is 1. The second kappa shape index (κ2) is 4.88. The van der Waals surface area contributed by atoms with Crippen LogP contribution in [-0.2, 0) is 0 Å². The highest BCUT2D eigenvalue weighted by atomic mass is 79.9. The number of likely N-dealkylation sites (tertiary alicyclic amines) is 1. The van der Waals surface area contributed by atoms with Gasteiger partial charge in [-0.2, -0.15) is 0 Å². The molecule has 1 aliphatic heterocycles. The Kier molecular flexibility index (Phi) is 3.70. The summed E-state index contributed by atoms with van der Waals surface area (Å²) in [4.78, 5) is 15.3. The Morgan fingerprint density at radius 2 is 2.38 bits per heavy atom. The first kappa shape index (κ1) is 12.1. The fourth-order valence-electron chi connectivity index (χ4n) is 2.40. The lowest BCUT2D eigenvalue weighted by molar-refractivity contribution is 0.0680. The molecule has 2 unspecified atom stereocenters. The molecule has 0 bridgehead atoms. The van der Waals surface area contributed by atoms with Crippen molar-refractivity contribution >= 4 is 33.2 Å². The van der Waals surface area contributed by atoms with E-state index < -0.39 is 0 Å². The normalized spacial score (nSPS) is 25.1. The summed E-state index contributed by atoms with van der Waals surface area (Å²) in [5.74, 6) is 0.193. The largest absolute Gasteiger partial charge is 0.332 e. The van der Waals surface area contributed by atoms with Crippen molar-refractivity contribution in [3.8, 4) is 0 Å². The van der Waals surface area contributed by atoms with Gasteiger partial charge in [-0.1, -0.05) is 6.92 Å². The summed E-state index contributed by atoms with van der Waals surface area (Å²) in [7, 11) is 0. The van der Waals surface area contributed by atoms with Gasteiger partial charge in [-0.15, -0.1) is 11.3 Å². The van der Waals surface area contributed by atoms with E-state index >= 15 is 0 Å². The SMILES string of the molecule is CCC1CCC(C)N1C(=O)c1sccc1Br. The van der Waals surface area contributed by atoms with E-state index in [1.54, 1.807) is 0 Å². The molecule has 0 aromatic carbocycles. The standard InChI is InChI=1S/C12H16BrNOS/c1-3-9-5-4-8(2)14(9)12(15)11-10(13)6-7-16-11/h6-9H,3-5H2,1-2H3. The number of halogens is 1. The summed E-state index contributed by atoms with van der Waals surface area (Å²) < 4.78 is 0.927. The van der Waals surface area contributed by atoms with Gasteiger partial charge in [0.15, 0.2) is 0 Å². The van der Waals surface area contributed by atoms with Crippen LogP contribution in [0.3, 0.4) is 0 Å². The minimum absolute atomic E-state index is 0.193.